The molecule has 1 unspecified atom stereocenters. The van der Waals surface area contributed by atoms with Gasteiger partial charge in [0, 0.05) is 18.5 Å². The third kappa shape index (κ3) is 4.20. The molecule has 1 heterocycles. The molecule has 1 fully saturated rings. The average Bonchev–Trinajstić information content (AvgIpc) is 2.84. The lowest BCUT2D eigenvalue weighted by Crippen LogP contribution is -2.27. The van der Waals surface area contributed by atoms with Gasteiger partial charge < -0.3 is 16.0 Å². The molecule has 1 aliphatic rings. The highest BCUT2D eigenvalue weighted by molar-refractivity contribution is 5.94. The second kappa shape index (κ2) is 6.70. The lowest BCUT2D eigenvalue weighted by Gasteiger charge is -2.16. The van der Waals surface area contributed by atoms with Crippen LogP contribution in [0, 0.1) is 5.82 Å². The van der Waals surface area contributed by atoms with Gasteiger partial charge in [-0.05, 0) is 51.4 Å². The molecule has 0 aliphatic carbocycles. The summed E-state index contributed by atoms with van der Waals surface area (Å²) in [6.45, 7) is 4.97. The van der Waals surface area contributed by atoms with Crippen LogP contribution in [-0.2, 0) is 4.79 Å². The van der Waals surface area contributed by atoms with Gasteiger partial charge in [-0.25, -0.2) is 4.39 Å². The van der Waals surface area contributed by atoms with E-state index in [1.807, 2.05) is 13.8 Å². The summed E-state index contributed by atoms with van der Waals surface area (Å²) in [5.41, 5.74) is 1.25. The third-order valence-corrected chi connectivity index (χ3v) is 3.29. The molecule has 1 aliphatic heterocycles. The largest absolute Gasteiger partial charge is 0.381 e. The average molecular weight is 279 g/mol. The van der Waals surface area contributed by atoms with Crippen molar-refractivity contribution in [2.45, 2.75) is 45.2 Å². The van der Waals surface area contributed by atoms with E-state index < -0.39 is 0 Å². The van der Waals surface area contributed by atoms with Crippen molar-refractivity contribution < 1.29 is 9.18 Å². The highest BCUT2D eigenvalue weighted by Crippen LogP contribution is 2.24. The second-order valence-corrected chi connectivity index (χ2v) is 5.53. The Kier molecular flexibility index (Phi) is 4.95. The van der Waals surface area contributed by atoms with Crippen LogP contribution in [0.3, 0.4) is 0 Å². The van der Waals surface area contributed by atoms with Crippen molar-refractivity contribution in [1.29, 1.82) is 0 Å². The third-order valence-electron chi connectivity index (χ3n) is 3.29. The van der Waals surface area contributed by atoms with Crippen molar-refractivity contribution in [1.82, 2.24) is 5.32 Å². The van der Waals surface area contributed by atoms with Gasteiger partial charge in [-0.2, -0.15) is 0 Å². The molecule has 3 N–H and O–H groups in total. The van der Waals surface area contributed by atoms with Crippen LogP contribution in [0.15, 0.2) is 18.2 Å². The van der Waals surface area contributed by atoms with E-state index in [1.54, 1.807) is 6.07 Å². The van der Waals surface area contributed by atoms with E-state index in [-0.39, 0.29) is 23.8 Å². The highest BCUT2D eigenvalue weighted by Gasteiger charge is 2.18. The molecule has 0 spiro atoms. The second-order valence-electron chi connectivity index (χ2n) is 5.53. The number of carbonyl (C=O) groups is 1. The molecule has 20 heavy (non-hydrogen) atoms. The van der Waals surface area contributed by atoms with E-state index in [0.29, 0.717) is 12.1 Å². The fraction of sp³-hybridized carbons (Fsp3) is 0.533. The van der Waals surface area contributed by atoms with Crippen molar-refractivity contribution in [3.8, 4) is 0 Å². The molecule has 1 aromatic carbocycles. The van der Waals surface area contributed by atoms with Crippen LogP contribution in [0.1, 0.15) is 33.1 Å². The monoisotopic (exact) mass is 279 g/mol. The Labute approximate surface area is 119 Å². The number of hydrogen-bond acceptors (Lipinski definition) is 3. The van der Waals surface area contributed by atoms with Gasteiger partial charge in [0.15, 0.2) is 0 Å². The Morgan fingerprint density at radius 2 is 2.25 bits per heavy atom. The van der Waals surface area contributed by atoms with Crippen LogP contribution in [0.4, 0.5) is 15.8 Å². The first-order valence-corrected chi connectivity index (χ1v) is 7.14. The quantitative estimate of drug-likeness (QED) is 0.777. The van der Waals surface area contributed by atoms with E-state index >= 15 is 0 Å². The molecule has 5 heteroatoms. The van der Waals surface area contributed by atoms with Gasteiger partial charge in [-0.3, -0.25) is 4.79 Å². The van der Waals surface area contributed by atoms with Gasteiger partial charge in [0.2, 0.25) is 5.91 Å². The number of carbonyl (C=O) groups excluding carboxylic acids is 1. The van der Waals surface area contributed by atoms with Crippen molar-refractivity contribution in [3.63, 3.8) is 0 Å². The molecule has 1 aromatic rings. The molecule has 0 saturated carbocycles. The zero-order chi connectivity index (χ0) is 14.5. The number of rotatable bonds is 5. The Hall–Kier alpha value is -1.62. The Morgan fingerprint density at radius 1 is 1.45 bits per heavy atom. The normalized spacial score (nSPS) is 18.3. The van der Waals surface area contributed by atoms with Crippen LogP contribution in [0.2, 0.25) is 0 Å². The van der Waals surface area contributed by atoms with Gasteiger partial charge in [-0.15, -0.1) is 0 Å². The van der Waals surface area contributed by atoms with E-state index in [9.17, 15) is 9.18 Å². The molecule has 1 saturated heterocycles. The zero-order valence-corrected chi connectivity index (χ0v) is 12.0. The van der Waals surface area contributed by atoms with Gasteiger partial charge >= 0.3 is 0 Å². The molecule has 1 amide bonds. The molecular weight excluding hydrogens is 257 g/mol. The minimum Gasteiger partial charge on any atom is -0.381 e. The standard InChI is InChI=1S/C15H22FN3O/c1-10(2)18-13-6-5-11(16)8-14(13)19-15(20)9-12-4-3-7-17-12/h5-6,8,10,12,17-18H,3-4,7,9H2,1-2H3,(H,19,20). The molecule has 0 aromatic heterocycles. The smallest absolute Gasteiger partial charge is 0.225 e. The molecule has 4 nitrogen and oxygen atoms in total. The predicted octanol–water partition coefficient (Wildman–Crippen LogP) is 2.73. The van der Waals surface area contributed by atoms with Gasteiger partial charge in [0.05, 0.1) is 11.4 Å². The van der Waals surface area contributed by atoms with Crippen LogP contribution in [0.25, 0.3) is 0 Å². The first-order valence-electron chi connectivity index (χ1n) is 7.14. The fourth-order valence-electron chi connectivity index (χ4n) is 2.41. The summed E-state index contributed by atoms with van der Waals surface area (Å²) < 4.78 is 13.3. The van der Waals surface area contributed by atoms with Crippen molar-refractivity contribution in [2.75, 3.05) is 17.2 Å². The minimum absolute atomic E-state index is 0.0817. The fourth-order valence-corrected chi connectivity index (χ4v) is 2.41. The van der Waals surface area contributed by atoms with Crippen LogP contribution >= 0.6 is 0 Å². The first-order chi connectivity index (χ1) is 9.54. The first kappa shape index (κ1) is 14.8. The molecule has 0 bridgehead atoms. The SMILES string of the molecule is CC(C)Nc1ccc(F)cc1NC(=O)CC1CCCN1. The number of benzene rings is 1. The van der Waals surface area contributed by atoms with Gasteiger partial charge in [-0.1, -0.05) is 0 Å². The molecule has 0 radical (unpaired) electrons. The van der Waals surface area contributed by atoms with Crippen LogP contribution in [-0.4, -0.2) is 24.5 Å². The minimum atomic E-state index is -0.353. The van der Waals surface area contributed by atoms with Gasteiger partial charge in [0.25, 0.3) is 0 Å². The van der Waals surface area contributed by atoms with E-state index in [4.69, 9.17) is 0 Å². The zero-order valence-electron chi connectivity index (χ0n) is 12.0. The number of nitrogens with one attached hydrogen (secondary N) is 3. The van der Waals surface area contributed by atoms with Crippen molar-refractivity contribution in [2.24, 2.45) is 0 Å². The highest BCUT2D eigenvalue weighted by atomic mass is 19.1. The maximum atomic E-state index is 13.3. The summed E-state index contributed by atoms with van der Waals surface area (Å²) >= 11 is 0. The Balaban J connectivity index is 2.02. The predicted molar refractivity (Wildman–Crippen MR) is 79.4 cm³/mol. The number of anilines is 2. The Morgan fingerprint density at radius 3 is 2.90 bits per heavy atom. The molecule has 1 atom stereocenters. The molecule has 110 valence electrons. The number of amides is 1. The summed E-state index contributed by atoms with van der Waals surface area (Å²) in [4.78, 5) is 12.0. The van der Waals surface area contributed by atoms with E-state index in [0.717, 1.165) is 25.1 Å². The van der Waals surface area contributed by atoms with E-state index in [1.165, 1.54) is 12.1 Å². The molecule has 2 rings (SSSR count). The summed E-state index contributed by atoms with van der Waals surface area (Å²) in [5.74, 6) is -0.435. The van der Waals surface area contributed by atoms with E-state index in [2.05, 4.69) is 16.0 Å². The van der Waals surface area contributed by atoms with Gasteiger partial charge in [0.1, 0.15) is 5.82 Å². The Bertz CT molecular complexity index is 470. The summed E-state index contributed by atoms with van der Waals surface area (Å²) in [6.07, 6.45) is 2.56. The van der Waals surface area contributed by atoms with Crippen molar-refractivity contribution in [3.05, 3.63) is 24.0 Å². The lowest BCUT2D eigenvalue weighted by molar-refractivity contribution is -0.116. The lowest BCUT2D eigenvalue weighted by atomic mass is 10.1. The number of halogens is 1. The van der Waals surface area contributed by atoms with Crippen LogP contribution in [0.5, 0.6) is 0 Å². The summed E-state index contributed by atoms with van der Waals surface area (Å²) in [7, 11) is 0. The molecular formula is C15H22FN3O. The van der Waals surface area contributed by atoms with Crippen molar-refractivity contribution >= 4 is 17.3 Å². The summed E-state index contributed by atoms with van der Waals surface area (Å²) in [5, 5.41) is 9.29. The van der Waals surface area contributed by atoms with Crippen LogP contribution < -0.4 is 16.0 Å². The maximum Gasteiger partial charge on any atom is 0.225 e. The summed E-state index contributed by atoms with van der Waals surface area (Å²) in [6, 6.07) is 4.85. The maximum absolute atomic E-state index is 13.3. The number of hydrogen-bond donors (Lipinski definition) is 3. The topological polar surface area (TPSA) is 53.2 Å².